The molecule has 1 atom stereocenters. The van der Waals surface area contributed by atoms with Crippen LogP contribution in [0.4, 0.5) is 8.78 Å². The zero-order valence-corrected chi connectivity index (χ0v) is 12.0. The van der Waals surface area contributed by atoms with Crippen LogP contribution < -0.4 is 0 Å². The SMILES string of the molecule is CC(CC#N)N(C)S(=O)(=O)c1cc(C(=O)O)cc(F)c1F. The van der Waals surface area contributed by atoms with Crippen LogP contribution >= 0.6 is 0 Å². The lowest BCUT2D eigenvalue weighted by molar-refractivity contribution is 0.0696. The standard InChI is InChI=1S/C12H12F2N2O4S/c1-7(3-4-15)16(2)21(19,20)10-6-8(12(17)18)5-9(13)11(10)14/h5-7H,3H2,1-2H3,(H,17,18). The third kappa shape index (κ3) is 3.34. The minimum atomic E-state index is -4.47. The molecule has 0 radical (unpaired) electrons. The summed E-state index contributed by atoms with van der Waals surface area (Å²) in [6.07, 6.45) is -0.154. The Morgan fingerprint density at radius 1 is 1.48 bits per heavy atom. The molecule has 6 nitrogen and oxygen atoms in total. The van der Waals surface area contributed by atoms with Crippen molar-refractivity contribution in [1.82, 2.24) is 4.31 Å². The Bertz CT molecular complexity index is 713. The zero-order valence-electron chi connectivity index (χ0n) is 11.2. The van der Waals surface area contributed by atoms with Gasteiger partial charge in [0.05, 0.1) is 18.1 Å². The van der Waals surface area contributed by atoms with E-state index in [1.165, 1.54) is 6.92 Å². The van der Waals surface area contributed by atoms with Crippen molar-refractivity contribution in [3.05, 3.63) is 29.3 Å². The zero-order chi connectivity index (χ0) is 16.4. The van der Waals surface area contributed by atoms with E-state index in [2.05, 4.69) is 0 Å². The van der Waals surface area contributed by atoms with E-state index in [4.69, 9.17) is 10.4 Å². The largest absolute Gasteiger partial charge is 0.478 e. The van der Waals surface area contributed by atoms with Gasteiger partial charge in [0.2, 0.25) is 10.0 Å². The molecule has 114 valence electrons. The van der Waals surface area contributed by atoms with Crippen molar-refractivity contribution in [3.63, 3.8) is 0 Å². The second-order valence-electron chi connectivity index (χ2n) is 4.31. The first kappa shape index (κ1) is 17.0. The first-order valence-corrected chi connectivity index (χ1v) is 7.14. The molecular formula is C12H12F2N2O4S. The molecule has 9 heteroatoms. The Balaban J connectivity index is 3.45. The Kier molecular flexibility index (Phi) is 4.98. The average Bonchev–Trinajstić information content (AvgIpc) is 2.40. The smallest absolute Gasteiger partial charge is 0.335 e. The first-order valence-electron chi connectivity index (χ1n) is 5.70. The van der Waals surface area contributed by atoms with E-state index in [-0.39, 0.29) is 6.42 Å². The third-order valence-electron chi connectivity index (χ3n) is 2.91. The maximum Gasteiger partial charge on any atom is 0.335 e. The monoisotopic (exact) mass is 318 g/mol. The number of nitriles is 1. The average molecular weight is 318 g/mol. The Morgan fingerprint density at radius 3 is 2.52 bits per heavy atom. The fourth-order valence-electron chi connectivity index (χ4n) is 1.53. The maximum atomic E-state index is 13.7. The predicted octanol–water partition coefficient (Wildman–Crippen LogP) is 1.59. The lowest BCUT2D eigenvalue weighted by Gasteiger charge is -2.22. The van der Waals surface area contributed by atoms with Crippen molar-refractivity contribution in [2.45, 2.75) is 24.3 Å². The summed E-state index contributed by atoms with van der Waals surface area (Å²) in [5, 5.41) is 17.3. The molecule has 1 aromatic rings. The summed E-state index contributed by atoms with van der Waals surface area (Å²) in [7, 11) is -3.37. The number of aromatic carboxylic acids is 1. The summed E-state index contributed by atoms with van der Waals surface area (Å²) < 4.78 is 52.2. The lowest BCUT2D eigenvalue weighted by Crippen LogP contribution is -2.35. The third-order valence-corrected chi connectivity index (χ3v) is 4.88. The second-order valence-corrected chi connectivity index (χ2v) is 6.27. The molecule has 0 aliphatic carbocycles. The van der Waals surface area contributed by atoms with E-state index in [1.54, 1.807) is 6.07 Å². The summed E-state index contributed by atoms with van der Waals surface area (Å²) in [5.41, 5.74) is -0.686. The van der Waals surface area contributed by atoms with Gasteiger partial charge < -0.3 is 5.11 Å². The topological polar surface area (TPSA) is 98.5 Å². The van der Waals surface area contributed by atoms with E-state index in [1.807, 2.05) is 0 Å². The molecule has 1 aromatic carbocycles. The fourth-order valence-corrected chi connectivity index (χ4v) is 2.99. The van der Waals surface area contributed by atoms with Crippen LogP contribution in [0.15, 0.2) is 17.0 Å². The van der Waals surface area contributed by atoms with E-state index in [0.29, 0.717) is 16.4 Å². The van der Waals surface area contributed by atoms with Crippen LogP contribution in [0.25, 0.3) is 0 Å². The van der Waals surface area contributed by atoms with Gasteiger partial charge in [-0.3, -0.25) is 0 Å². The highest BCUT2D eigenvalue weighted by Gasteiger charge is 2.30. The number of hydrogen-bond donors (Lipinski definition) is 1. The molecule has 21 heavy (non-hydrogen) atoms. The van der Waals surface area contributed by atoms with Gasteiger partial charge in [-0.05, 0) is 19.1 Å². The highest BCUT2D eigenvalue weighted by Crippen LogP contribution is 2.24. The van der Waals surface area contributed by atoms with Crippen molar-refractivity contribution >= 4 is 16.0 Å². The van der Waals surface area contributed by atoms with Crippen LogP contribution in [0.5, 0.6) is 0 Å². The lowest BCUT2D eigenvalue weighted by atomic mass is 10.2. The molecule has 0 bridgehead atoms. The Morgan fingerprint density at radius 2 is 2.05 bits per heavy atom. The fraction of sp³-hybridized carbons (Fsp3) is 0.333. The summed E-state index contributed by atoms with van der Waals surface area (Å²) in [6, 6.07) is 1.92. The number of nitrogens with zero attached hydrogens (tertiary/aromatic N) is 2. The molecule has 0 saturated carbocycles. The number of carboxylic acids is 1. The molecule has 0 fully saturated rings. The normalized spacial score (nSPS) is 13.0. The van der Waals surface area contributed by atoms with Crippen LogP contribution in [-0.2, 0) is 10.0 Å². The quantitative estimate of drug-likeness (QED) is 0.889. The Labute approximate surface area is 120 Å². The second kappa shape index (κ2) is 6.15. The number of benzene rings is 1. The van der Waals surface area contributed by atoms with E-state index >= 15 is 0 Å². The summed E-state index contributed by atoms with van der Waals surface area (Å²) in [4.78, 5) is 9.73. The summed E-state index contributed by atoms with van der Waals surface area (Å²) in [6.45, 7) is 1.41. The van der Waals surface area contributed by atoms with E-state index in [0.717, 1.165) is 7.05 Å². The minimum Gasteiger partial charge on any atom is -0.478 e. The molecule has 0 amide bonds. The Hall–Kier alpha value is -2.05. The van der Waals surface area contributed by atoms with Crippen LogP contribution in [0.3, 0.4) is 0 Å². The predicted molar refractivity (Wildman–Crippen MR) is 68.0 cm³/mol. The van der Waals surface area contributed by atoms with Crippen molar-refractivity contribution in [2.24, 2.45) is 0 Å². The highest BCUT2D eigenvalue weighted by molar-refractivity contribution is 7.89. The number of halogens is 2. The van der Waals surface area contributed by atoms with Crippen molar-refractivity contribution in [2.75, 3.05) is 7.05 Å². The van der Waals surface area contributed by atoms with Crippen molar-refractivity contribution in [1.29, 1.82) is 5.26 Å². The molecule has 0 aliphatic rings. The van der Waals surface area contributed by atoms with Crippen molar-refractivity contribution < 1.29 is 27.1 Å². The molecule has 0 spiro atoms. The summed E-state index contributed by atoms with van der Waals surface area (Å²) in [5.74, 6) is -4.82. The highest BCUT2D eigenvalue weighted by atomic mass is 32.2. The molecule has 0 heterocycles. The van der Waals surface area contributed by atoms with Gasteiger partial charge in [-0.25, -0.2) is 22.0 Å². The van der Waals surface area contributed by atoms with Gasteiger partial charge in [0.15, 0.2) is 11.6 Å². The number of sulfonamides is 1. The van der Waals surface area contributed by atoms with Crippen LogP contribution in [-0.4, -0.2) is 36.9 Å². The number of rotatable bonds is 5. The first-order chi connectivity index (χ1) is 9.62. The van der Waals surface area contributed by atoms with Crippen LogP contribution in [0, 0.1) is 23.0 Å². The van der Waals surface area contributed by atoms with Gasteiger partial charge in [0.1, 0.15) is 4.90 Å². The van der Waals surface area contributed by atoms with Crippen molar-refractivity contribution in [3.8, 4) is 6.07 Å². The van der Waals surface area contributed by atoms with E-state index in [9.17, 15) is 22.0 Å². The molecule has 0 saturated heterocycles. The molecular weight excluding hydrogens is 306 g/mol. The number of hydrogen-bond acceptors (Lipinski definition) is 4. The number of carboxylic acid groups (broad SMARTS) is 1. The van der Waals surface area contributed by atoms with Gasteiger partial charge in [0, 0.05) is 13.1 Å². The van der Waals surface area contributed by atoms with Gasteiger partial charge >= 0.3 is 5.97 Å². The summed E-state index contributed by atoms with van der Waals surface area (Å²) >= 11 is 0. The number of carbonyl (C=O) groups is 1. The van der Waals surface area contributed by atoms with Gasteiger partial charge in [-0.1, -0.05) is 0 Å². The van der Waals surface area contributed by atoms with E-state index < -0.39 is 44.1 Å². The molecule has 1 unspecified atom stereocenters. The molecule has 1 rings (SSSR count). The van der Waals surface area contributed by atoms with Crippen LogP contribution in [0.2, 0.25) is 0 Å². The van der Waals surface area contributed by atoms with Gasteiger partial charge in [-0.2, -0.15) is 9.57 Å². The molecule has 1 N–H and O–H groups in total. The maximum absolute atomic E-state index is 13.7. The molecule has 0 aromatic heterocycles. The minimum absolute atomic E-state index is 0.154. The van der Waals surface area contributed by atoms with Gasteiger partial charge in [-0.15, -0.1) is 0 Å². The van der Waals surface area contributed by atoms with Gasteiger partial charge in [0.25, 0.3) is 0 Å². The van der Waals surface area contributed by atoms with Crippen LogP contribution in [0.1, 0.15) is 23.7 Å². The molecule has 0 aliphatic heterocycles.